The number of nitrogens with two attached hydrogens (primary N) is 1. The third kappa shape index (κ3) is 4.19. The van der Waals surface area contributed by atoms with Gasteiger partial charge in [-0.05, 0) is 26.3 Å². The number of amides is 1. The van der Waals surface area contributed by atoms with E-state index in [0.29, 0.717) is 31.0 Å². The molecule has 0 radical (unpaired) electrons. The minimum Gasteiger partial charge on any atom is -0.369 e. The first kappa shape index (κ1) is 16.3. The van der Waals surface area contributed by atoms with Crippen LogP contribution >= 0.6 is 11.6 Å². The van der Waals surface area contributed by atoms with Gasteiger partial charge in [-0.15, -0.1) is 0 Å². The fraction of sp³-hybridized carbons (Fsp3) is 0.562. The molecular weight excluding hydrogens is 288 g/mol. The minimum atomic E-state index is -0.158. The van der Waals surface area contributed by atoms with Crippen LogP contribution in [0.25, 0.3) is 0 Å². The van der Waals surface area contributed by atoms with Crippen LogP contribution in [0.15, 0.2) is 24.3 Å². The Morgan fingerprint density at radius 2 is 2.24 bits per heavy atom. The van der Waals surface area contributed by atoms with E-state index in [1.807, 2.05) is 43.0 Å². The van der Waals surface area contributed by atoms with Crippen molar-refractivity contribution in [2.24, 2.45) is 5.73 Å². The zero-order chi connectivity index (χ0) is 15.4. The van der Waals surface area contributed by atoms with Crippen LogP contribution in [-0.2, 0) is 9.53 Å². The summed E-state index contributed by atoms with van der Waals surface area (Å²) in [6.45, 7) is 5.00. The smallest absolute Gasteiger partial charge is 0.223 e. The molecule has 1 heterocycles. The predicted molar refractivity (Wildman–Crippen MR) is 84.2 cm³/mol. The molecule has 1 aromatic rings. The summed E-state index contributed by atoms with van der Waals surface area (Å²) in [5, 5.41) is 0.681. The zero-order valence-corrected chi connectivity index (χ0v) is 13.3. The van der Waals surface area contributed by atoms with E-state index in [4.69, 9.17) is 22.1 Å². The van der Waals surface area contributed by atoms with Gasteiger partial charge >= 0.3 is 0 Å². The first-order valence-electron chi connectivity index (χ1n) is 7.40. The lowest BCUT2D eigenvalue weighted by atomic mass is 10.0. The number of rotatable bonds is 4. The van der Waals surface area contributed by atoms with Crippen LogP contribution in [0.1, 0.15) is 38.4 Å². The summed E-state index contributed by atoms with van der Waals surface area (Å²) in [5.41, 5.74) is 6.67. The van der Waals surface area contributed by atoms with Crippen molar-refractivity contribution in [1.82, 2.24) is 4.90 Å². The van der Waals surface area contributed by atoms with Crippen molar-refractivity contribution in [3.8, 4) is 0 Å². The number of ether oxygens (including phenoxy) is 1. The van der Waals surface area contributed by atoms with Gasteiger partial charge in [0.15, 0.2) is 0 Å². The zero-order valence-electron chi connectivity index (χ0n) is 12.6. The Bertz CT molecular complexity index is 493. The quantitative estimate of drug-likeness (QED) is 0.930. The van der Waals surface area contributed by atoms with Crippen LogP contribution in [0.5, 0.6) is 0 Å². The van der Waals surface area contributed by atoms with Gasteiger partial charge in [-0.3, -0.25) is 4.79 Å². The van der Waals surface area contributed by atoms with Gasteiger partial charge in [-0.2, -0.15) is 0 Å². The number of halogens is 1. The number of benzene rings is 1. The number of hydrogen-bond acceptors (Lipinski definition) is 3. The molecule has 1 amide bonds. The van der Waals surface area contributed by atoms with Crippen LogP contribution in [0.4, 0.5) is 0 Å². The summed E-state index contributed by atoms with van der Waals surface area (Å²) >= 11 is 6.22. The third-order valence-electron chi connectivity index (χ3n) is 3.82. The van der Waals surface area contributed by atoms with Crippen LogP contribution in [0.2, 0.25) is 5.02 Å². The van der Waals surface area contributed by atoms with E-state index in [2.05, 4.69) is 0 Å². The fourth-order valence-electron chi connectivity index (χ4n) is 2.52. The summed E-state index contributed by atoms with van der Waals surface area (Å²) in [5.74, 6) is 0.139. The van der Waals surface area contributed by atoms with E-state index < -0.39 is 0 Å². The van der Waals surface area contributed by atoms with Crippen molar-refractivity contribution < 1.29 is 9.53 Å². The second kappa shape index (κ2) is 7.25. The number of carbonyl (C=O) groups is 1. The van der Waals surface area contributed by atoms with Crippen molar-refractivity contribution >= 4 is 17.5 Å². The second-order valence-corrected chi connectivity index (χ2v) is 6.16. The average molecular weight is 311 g/mol. The van der Waals surface area contributed by atoms with Crippen molar-refractivity contribution in [3.05, 3.63) is 34.9 Å². The second-order valence-electron chi connectivity index (χ2n) is 5.75. The van der Waals surface area contributed by atoms with Crippen molar-refractivity contribution in [3.63, 3.8) is 0 Å². The minimum absolute atomic E-state index is 0.0460. The summed E-state index contributed by atoms with van der Waals surface area (Å²) < 4.78 is 5.86. The molecule has 2 N–H and O–H groups in total. The summed E-state index contributed by atoms with van der Waals surface area (Å²) in [6.07, 6.45) is 1.03. The third-order valence-corrected chi connectivity index (χ3v) is 4.16. The molecule has 0 aromatic heterocycles. The lowest BCUT2D eigenvalue weighted by Crippen LogP contribution is -2.48. The molecule has 3 unspecified atom stereocenters. The fourth-order valence-corrected chi connectivity index (χ4v) is 2.78. The Labute approximate surface area is 131 Å². The predicted octanol–water partition coefficient (Wildman–Crippen LogP) is 2.76. The van der Waals surface area contributed by atoms with E-state index in [9.17, 15) is 4.79 Å². The molecule has 1 aliphatic heterocycles. The summed E-state index contributed by atoms with van der Waals surface area (Å²) in [6, 6.07) is 7.76. The van der Waals surface area contributed by atoms with Crippen LogP contribution < -0.4 is 5.73 Å². The van der Waals surface area contributed by atoms with Crippen LogP contribution in [0.3, 0.4) is 0 Å². The number of hydrogen-bond donors (Lipinski definition) is 1. The van der Waals surface area contributed by atoms with E-state index in [0.717, 1.165) is 5.56 Å². The molecule has 2 rings (SSSR count). The maximum atomic E-state index is 12.4. The Balaban J connectivity index is 2.05. The molecule has 0 spiro atoms. The van der Waals surface area contributed by atoms with Crippen molar-refractivity contribution in [2.75, 3.05) is 13.2 Å². The molecule has 5 heteroatoms. The van der Waals surface area contributed by atoms with Crippen molar-refractivity contribution in [1.29, 1.82) is 0 Å². The largest absolute Gasteiger partial charge is 0.369 e. The lowest BCUT2D eigenvalue weighted by Gasteiger charge is -2.38. The summed E-state index contributed by atoms with van der Waals surface area (Å²) in [7, 11) is 0. The highest BCUT2D eigenvalue weighted by Crippen LogP contribution is 2.30. The normalized spacial score (nSPS) is 23.9. The first-order valence-corrected chi connectivity index (χ1v) is 7.78. The molecule has 0 saturated carbocycles. The topological polar surface area (TPSA) is 55.6 Å². The van der Waals surface area contributed by atoms with Crippen LogP contribution in [0, 0.1) is 0 Å². The molecule has 21 heavy (non-hydrogen) atoms. The highest BCUT2D eigenvalue weighted by atomic mass is 35.5. The van der Waals surface area contributed by atoms with Gasteiger partial charge in [0.05, 0.1) is 19.2 Å². The van der Waals surface area contributed by atoms with Crippen molar-refractivity contribution in [2.45, 2.75) is 44.9 Å². The molecule has 1 saturated heterocycles. The number of carbonyl (C=O) groups excluding carboxylic acids is 1. The van der Waals surface area contributed by atoms with Gasteiger partial charge in [0.2, 0.25) is 5.91 Å². The molecular formula is C16H23ClN2O2. The number of morpholine rings is 1. The molecule has 116 valence electrons. The van der Waals surface area contributed by atoms with E-state index in [1.54, 1.807) is 0 Å². The van der Waals surface area contributed by atoms with Crippen LogP contribution in [-0.4, -0.2) is 36.0 Å². The first-order chi connectivity index (χ1) is 9.99. The molecule has 1 aliphatic rings. The Morgan fingerprint density at radius 1 is 1.52 bits per heavy atom. The Morgan fingerprint density at radius 3 is 2.90 bits per heavy atom. The Hall–Kier alpha value is -1.10. The molecule has 1 aromatic carbocycles. The summed E-state index contributed by atoms with van der Waals surface area (Å²) in [4.78, 5) is 14.2. The average Bonchev–Trinajstić information content (AvgIpc) is 2.46. The van der Waals surface area contributed by atoms with Gasteiger partial charge in [0.1, 0.15) is 6.10 Å². The van der Waals surface area contributed by atoms with Gasteiger partial charge in [0.25, 0.3) is 0 Å². The molecule has 1 fully saturated rings. The monoisotopic (exact) mass is 310 g/mol. The highest BCUT2D eigenvalue weighted by Gasteiger charge is 2.31. The maximum absolute atomic E-state index is 12.4. The maximum Gasteiger partial charge on any atom is 0.223 e. The Kier molecular flexibility index (Phi) is 5.62. The molecule has 0 bridgehead atoms. The van der Waals surface area contributed by atoms with Gasteiger partial charge in [0, 0.05) is 23.0 Å². The number of nitrogens with zero attached hydrogens (tertiary/aromatic N) is 1. The standard InChI is InChI=1S/C16H23ClN2O2/c1-11(18)7-8-16(20)19-9-15(21-10-12(19)2)13-5-3-4-6-14(13)17/h3-6,11-12,15H,7-10,18H2,1-2H3. The van der Waals surface area contributed by atoms with Gasteiger partial charge in [-0.25, -0.2) is 0 Å². The van der Waals surface area contributed by atoms with E-state index in [-0.39, 0.29) is 24.1 Å². The lowest BCUT2D eigenvalue weighted by molar-refractivity contribution is -0.144. The molecule has 4 nitrogen and oxygen atoms in total. The van der Waals surface area contributed by atoms with E-state index >= 15 is 0 Å². The molecule has 3 atom stereocenters. The highest BCUT2D eigenvalue weighted by molar-refractivity contribution is 6.31. The van der Waals surface area contributed by atoms with Gasteiger partial charge in [-0.1, -0.05) is 29.8 Å². The van der Waals surface area contributed by atoms with E-state index in [1.165, 1.54) is 0 Å². The molecule has 0 aliphatic carbocycles. The van der Waals surface area contributed by atoms with Gasteiger partial charge < -0.3 is 15.4 Å². The SMILES string of the molecule is CC(N)CCC(=O)N1CC(c2ccccc2Cl)OCC1C.